The molecule has 2 N–H and O–H groups in total. The summed E-state index contributed by atoms with van der Waals surface area (Å²) in [5.74, 6) is 0.122. The zero-order chi connectivity index (χ0) is 19.2. The molecule has 8 heteroatoms. The lowest BCUT2D eigenvalue weighted by atomic mass is 10.1. The molecule has 2 rings (SSSR count). The lowest BCUT2D eigenvalue weighted by Gasteiger charge is -2.14. The number of hydrogen-bond acceptors (Lipinski definition) is 5. The van der Waals surface area contributed by atoms with Crippen LogP contribution in [0.2, 0.25) is 0 Å². The molecule has 0 unspecified atom stereocenters. The van der Waals surface area contributed by atoms with E-state index in [1.54, 1.807) is 0 Å². The van der Waals surface area contributed by atoms with E-state index in [9.17, 15) is 13.2 Å². The Morgan fingerprint density at radius 1 is 1.08 bits per heavy atom. The number of aryl methyl sites for hydroxylation is 1. The Labute approximate surface area is 151 Å². The molecule has 5 nitrogen and oxygen atoms in total. The summed E-state index contributed by atoms with van der Waals surface area (Å²) in [4.78, 5) is 9.76. The van der Waals surface area contributed by atoms with Crippen molar-refractivity contribution in [3.05, 3.63) is 47.2 Å². The first-order valence-corrected chi connectivity index (χ1v) is 8.39. The molecule has 0 fully saturated rings. The number of benzene rings is 1. The van der Waals surface area contributed by atoms with Crippen molar-refractivity contribution in [2.75, 3.05) is 37.8 Å². The molecule has 0 bridgehead atoms. The zero-order valence-corrected chi connectivity index (χ0v) is 15.2. The third-order valence-electron chi connectivity index (χ3n) is 3.80. The first-order valence-electron chi connectivity index (χ1n) is 8.39. The van der Waals surface area contributed by atoms with Gasteiger partial charge in [-0.15, -0.1) is 0 Å². The van der Waals surface area contributed by atoms with Crippen LogP contribution in [-0.2, 0) is 12.7 Å². The van der Waals surface area contributed by atoms with Gasteiger partial charge in [0.15, 0.2) is 5.69 Å². The van der Waals surface area contributed by atoms with Crippen LogP contribution in [0.25, 0.3) is 0 Å². The molecule has 0 spiro atoms. The van der Waals surface area contributed by atoms with Gasteiger partial charge in [0.25, 0.3) is 0 Å². The maximum Gasteiger partial charge on any atom is 0.433 e. The van der Waals surface area contributed by atoms with Crippen LogP contribution >= 0.6 is 0 Å². The van der Waals surface area contributed by atoms with Gasteiger partial charge in [-0.05, 0) is 45.1 Å². The van der Waals surface area contributed by atoms with E-state index in [0.29, 0.717) is 13.1 Å². The van der Waals surface area contributed by atoms with Crippen LogP contribution in [-0.4, -0.2) is 42.1 Å². The van der Waals surface area contributed by atoms with Gasteiger partial charge in [-0.1, -0.05) is 24.3 Å². The van der Waals surface area contributed by atoms with E-state index in [1.165, 1.54) is 0 Å². The number of alkyl halides is 3. The van der Waals surface area contributed by atoms with Crippen molar-refractivity contribution in [3.8, 4) is 0 Å². The van der Waals surface area contributed by atoms with Gasteiger partial charge in [0.05, 0.1) is 0 Å². The molecule has 2 aromatic rings. The summed E-state index contributed by atoms with van der Waals surface area (Å²) >= 11 is 0. The summed E-state index contributed by atoms with van der Waals surface area (Å²) < 4.78 is 39.4. The van der Waals surface area contributed by atoms with Crippen molar-refractivity contribution in [2.24, 2.45) is 0 Å². The summed E-state index contributed by atoms with van der Waals surface area (Å²) in [6, 6.07) is 8.62. The molecule has 0 amide bonds. The molecule has 0 radical (unpaired) electrons. The molecular weight excluding hydrogens is 343 g/mol. The van der Waals surface area contributed by atoms with Gasteiger partial charge in [0.1, 0.15) is 5.82 Å². The number of rotatable bonds is 8. The second-order valence-corrected chi connectivity index (χ2v) is 6.32. The topological polar surface area (TPSA) is 53.1 Å². The highest BCUT2D eigenvalue weighted by Gasteiger charge is 2.33. The maximum absolute atomic E-state index is 13.1. The standard InChI is InChI=1S/C18H24F3N5/c1-13-7-4-5-8-14(13)12-23-16-11-15(18(19,20)21)24-17(25-16)22-9-6-10-26(2)3/h4-5,7-8,11H,6,9-10,12H2,1-3H3,(H2,22,23,24,25). The van der Waals surface area contributed by atoms with E-state index in [4.69, 9.17) is 0 Å². The molecule has 1 aromatic carbocycles. The number of aromatic nitrogens is 2. The summed E-state index contributed by atoms with van der Waals surface area (Å²) in [6.07, 6.45) is -3.75. The number of halogens is 3. The van der Waals surface area contributed by atoms with E-state index in [1.807, 2.05) is 50.2 Å². The Morgan fingerprint density at radius 3 is 2.46 bits per heavy atom. The van der Waals surface area contributed by atoms with Gasteiger partial charge in [-0.2, -0.15) is 18.2 Å². The Bertz CT molecular complexity index is 716. The van der Waals surface area contributed by atoms with Crippen molar-refractivity contribution < 1.29 is 13.2 Å². The van der Waals surface area contributed by atoms with E-state index in [0.717, 1.165) is 30.2 Å². The van der Waals surface area contributed by atoms with E-state index in [-0.39, 0.29) is 11.8 Å². The minimum atomic E-state index is -4.53. The number of nitrogens with one attached hydrogen (secondary N) is 2. The fourth-order valence-electron chi connectivity index (χ4n) is 2.35. The van der Waals surface area contributed by atoms with Crippen LogP contribution in [0.5, 0.6) is 0 Å². The normalized spacial score (nSPS) is 11.7. The highest BCUT2D eigenvalue weighted by molar-refractivity contribution is 5.44. The van der Waals surface area contributed by atoms with Gasteiger partial charge in [0.2, 0.25) is 5.95 Å². The largest absolute Gasteiger partial charge is 0.433 e. The van der Waals surface area contributed by atoms with Crippen LogP contribution < -0.4 is 10.6 Å². The molecule has 0 aliphatic carbocycles. The van der Waals surface area contributed by atoms with Gasteiger partial charge in [0, 0.05) is 19.2 Å². The van der Waals surface area contributed by atoms with E-state index < -0.39 is 11.9 Å². The van der Waals surface area contributed by atoms with Crippen molar-refractivity contribution in [1.29, 1.82) is 0 Å². The van der Waals surface area contributed by atoms with Crippen molar-refractivity contribution in [1.82, 2.24) is 14.9 Å². The monoisotopic (exact) mass is 367 g/mol. The van der Waals surface area contributed by atoms with E-state index >= 15 is 0 Å². The molecule has 0 aliphatic heterocycles. The molecule has 1 aromatic heterocycles. The van der Waals surface area contributed by atoms with Crippen molar-refractivity contribution >= 4 is 11.8 Å². The third kappa shape index (κ3) is 6.18. The number of nitrogens with zero attached hydrogens (tertiary/aromatic N) is 3. The molecule has 0 saturated carbocycles. The van der Waals surface area contributed by atoms with Crippen LogP contribution in [0, 0.1) is 6.92 Å². The van der Waals surface area contributed by atoms with Crippen LogP contribution in [0.3, 0.4) is 0 Å². The lowest BCUT2D eigenvalue weighted by Crippen LogP contribution is -2.18. The number of hydrogen-bond donors (Lipinski definition) is 2. The Hall–Kier alpha value is -2.35. The summed E-state index contributed by atoms with van der Waals surface area (Å²) in [5, 5.41) is 5.84. The maximum atomic E-state index is 13.1. The summed E-state index contributed by atoms with van der Waals surface area (Å²) in [6.45, 7) is 3.66. The highest BCUT2D eigenvalue weighted by Crippen LogP contribution is 2.29. The minimum Gasteiger partial charge on any atom is -0.366 e. The molecule has 26 heavy (non-hydrogen) atoms. The van der Waals surface area contributed by atoms with Crippen LogP contribution in [0.1, 0.15) is 23.2 Å². The minimum absolute atomic E-state index is 0.0223. The summed E-state index contributed by atoms with van der Waals surface area (Å²) in [7, 11) is 3.88. The third-order valence-corrected chi connectivity index (χ3v) is 3.80. The Morgan fingerprint density at radius 2 is 1.81 bits per heavy atom. The quantitative estimate of drug-likeness (QED) is 0.696. The average Bonchev–Trinajstić information content (AvgIpc) is 2.57. The van der Waals surface area contributed by atoms with Crippen molar-refractivity contribution in [2.45, 2.75) is 26.1 Å². The highest BCUT2D eigenvalue weighted by atomic mass is 19.4. The number of anilines is 2. The summed E-state index contributed by atoms with van der Waals surface area (Å²) in [5.41, 5.74) is 1.10. The smallest absolute Gasteiger partial charge is 0.366 e. The van der Waals surface area contributed by atoms with E-state index in [2.05, 4.69) is 20.6 Å². The zero-order valence-electron chi connectivity index (χ0n) is 15.2. The van der Waals surface area contributed by atoms with Gasteiger partial charge in [-0.3, -0.25) is 0 Å². The Kier molecular flexibility index (Phi) is 6.79. The average molecular weight is 367 g/mol. The predicted molar refractivity (Wildman–Crippen MR) is 97.2 cm³/mol. The predicted octanol–water partition coefficient (Wildman–Crippen LogP) is 3.78. The Balaban J connectivity index is 2.11. The molecule has 1 heterocycles. The molecule has 0 saturated heterocycles. The molecule has 142 valence electrons. The lowest BCUT2D eigenvalue weighted by molar-refractivity contribution is -0.141. The van der Waals surface area contributed by atoms with Crippen LogP contribution in [0.4, 0.5) is 24.9 Å². The van der Waals surface area contributed by atoms with Gasteiger partial charge < -0.3 is 15.5 Å². The van der Waals surface area contributed by atoms with Crippen molar-refractivity contribution in [3.63, 3.8) is 0 Å². The first-order chi connectivity index (χ1) is 12.3. The fraction of sp³-hybridized carbons (Fsp3) is 0.444. The fourth-order valence-corrected chi connectivity index (χ4v) is 2.35. The van der Waals surface area contributed by atoms with Crippen LogP contribution in [0.15, 0.2) is 30.3 Å². The molecule has 0 aliphatic rings. The molecule has 0 atom stereocenters. The second kappa shape index (κ2) is 8.84. The first kappa shape index (κ1) is 20.0. The molecular formula is C18H24F3N5. The van der Waals surface area contributed by atoms with Gasteiger partial charge >= 0.3 is 6.18 Å². The second-order valence-electron chi connectivity index (χ2n) is 6.32. The van der Waals surface area contributed by atoms with Gasteiger partial charge in [-0.25, -0.2) is 4.98 Å². The SMILES string of the molecule is Cc1ccccc1CNc1cc(C(F)(F)F)nc(NCCCN(C)C)n1.